The first-order chi connectivity index (χ1) is 11.5. The number of hydrogen-bond donors (Lipinski definition) is 1. The molecule has 5 nitrogen and oxygen atoms in total. The summed E-state index contributed by atoms with van der Waals surface area (Å²) >= 11 is 5.88. The van der Waals surface area contributed by atoms with Crippen molar-refractivity contribution in [1.29, 1.82) is 0 Å². The molecule has 0 aromatic heterocycles. The second-order valence-electron chi connectivity index (χ2n) is 5.50. The van der Waals surface area contributed by atoms with Crippen LogP contribution in [0.15, 0.2) is 47.6 Å². The van der Waals surface area contributed by atoms with E-state index in [1.807, 2.05) is 50.2 Å². The SMILES string of the molecule is Cc1cc(Cl)ccc1NC(=O)CO/N=C/c1ccc(N(C)C)cc1. The van der Waals surface area contributed by atoms with E-state index in [2.05, 4.69) is 10.5 Å². The van der Waals surface area contributed by atoms with Gasteiger partial charge in [0.25, 0.3) is 5.91 Å². The van der Waals surface area contributed by atoms with Gasteiger partial charge in [0.15, 0.2) is 6.61 Å². The number of carbonyl (C=O) groups excluding carboxylic acids is 1. The minimum absolute atomic E-state index is 0.158. The van der Waals surface area contributed by atoms with Crippen molar-refractivity contribution in [2.45, 2.75) is 6.92 Å². The van der Waals surface area contributed by atoms with Crippen LogP contribution in [0, 0.1) is 6.92 Å². The molecule has 0 radical (unpaired) electrons. The second kappa shape index (κ2) is 8.36. The van der Waals surface area contributed by atoms with Crippen LogP contribution in [0.2, 0.25) is 5.02 Å². The number of rotatable bonds is 6. The number of aryl methyl sites for hydroxylation is 1. The molecule has 0 atom stereocenters. The lowest BCUT2D eigenvalue weighted by Crippen LogP contribution is -2.17. The molecule has 126 valence electrons. The Bertz CT molecular complexity index is 728. The number of anilines is 2. The molecule has 1 N–H and O–H groups in total. The molecule has 0 heterocycles. The van der Waals surface area contributed by atoms with Crippen molar-refractivity contribution < 1.29 is 9.63 Å². The Balaban J connectivity index is 1.81. The summed E-state index contributed by atoms with van der Waals surface area (Å²) in [5, 5.41) is 7.20. The molecule has 24 heavy (non-hydrogen) atoms. The van der Waals surface area contributed by atoms with Crippen molar-refractivity contribution in [3.8, 4) is 0 Å². The molecule has 0 aliphatic carbocycles. The molecule has 0 saturated heterocycles. The van der Waals surface area contributed by atoms with Gasteiger partial charge in [-0.15, -0.1) is 0 Å². The highest BCUT2D eigenvalue weighted by Crippen LogP contribution is 2.19. The summed E-state index contributed by atoms with van der Waals surface area (Å²) in [7, 11) is 3.96. The average Bonchev–Trinajstić information content (AvgIpc) is 2.55. The highest BCUT2D eigenvalue weighted by molar-refractivity contribution is 6.30. The van der Waals surface area contributed by atoms with E-state index in [-0.39, 0.29) is 12.5 Å². The Morgan fingerprint density at radius 1 is 1.25 bits per heavy atom. The quantitative estimate of drug-likeness (QED) is 0.641. The average molecular weight is 346 g/mol. The van der Waals surface area contributed by atoms with Crippen LogP contribution in [0.1, 0.15) is 11.1 Å². The smallest absolute Gasteiger partial charge is 0.265 e. The van der Waals surface area contributed by atoms with Gasteiger partial charge >= 0.3 is 0 Å². The molecule has 0 aliphatic heterocycles. The summed E-state index contributed by atoms with van der Waals surface area (Å²) in [6.45, 7) is 1.71. The van der Waals surface area contributed by atoms with Gasteiger partial charge in [-0.2, -0.15) is 0 Å². The van der Waals surface area contributed by atoms with E-state index >= 15 is 0 Å². The lowest BCUT2D eigenvalue weighted by atomic mass is 10.2. The van der Waals surface area contributed by atoms with E-state index < -0.39 is 0 Å². The number of hydrogen-bond acceptors (Lipinski definition) is 4. The molecule has 0 spiro atoms. The third kappa shape index (κ3) is 5.28. The van der Waals surface area contributed by atoms with Crippen LogP contribution in [-0.4, -0.2) is 32.8 Å². The third-order valence-corrected chi connectivity index (χ3v) is 3.58. The fraction of sp³-hybridized carbons (Fsp3) is 0.222. The van der Waals surface area contributed by atoms with Crippen LogP contribution >= 0.6 is 11.6 Å². The van der Waals surface area contributed by atoms with E-state index in [9.17, 15) is 4.79 Å². The maximum Gasteiger partial charge on any atom is 0.265 e. The second-order valence-corrected chi connectivity index (χ2v) is 5.94. The molecule has 0 bridgehead atoms. The molecular formula is C18H20ClN3O2. The molecule has 0 aliphatic rings. The van der Waals surface area contributed by atoms with Crippen LogP contribution in [0.5, 0.6) is 0 Å². The zero-order valence-corrected chi connectivity index (χ0v) is 14.7. The first-order valence-electron chi connectivity index (χ1n) is 7.44. The Labute approximate surface area is 146 Å². The Hall–Kier alpha value is -2.53. The molecule has 1 amide bonds. The zero-order chi connectivity index (χ0) is 17.5. The predicted molar refractivity (Wildman–Crippen MR) is 99.1 cm³/mol. The maximum atomic E-state index is 11.8. The Morgan fingerprint density at radius 2 is 1.96 bits per heavy atom. The number of amides is 1. The van der Waals surface area contributed by atoms with E-state index in [1.54, 1.807) is 24.4 Å². The topological polar surface area (TPSA) is 53.9 Å². The van der Waals surface area contributed by atoms with Crippen LogP contribution in [0.3, 0.4) is 0 Å². The van der Waals surface area contributed by atoms with Gasteiger partial charge in [-0.1, -0.05) is 28.9 Å². The normalized spacial score (nSPS) is 10.7. The summed E-state index contributed by atoms with van der Waals surface area (Å²) < 4.78 is 0. The van der Waals surface area contributed by atoms with Crippen LogP contribution in [-0.2, 0) is 9.63 Å². The molecule has 6 heteroatoms. The number of benzene rings is 2. The third-order valence-electron chi connectivity index (χ3n) is 3.34. The van der Waals surface area contributed by atoms with Crippen molar-refractivity contribution in [3.05, 3.63) is 58.6 Å². The Kier molecular flexibility index (Phi) is 6.21. The van der Waals surface area contributed by atoms with Crippen molar-refractivity contribution >= 4 is 35.1 Å². The fourth-order valence-electron chi connectivity index (χ4n) is 2.01. The highest BCUT2D eigenvalue weighted by Gasteiger charge is 2.05. The van der Waals surface area contributed by atoms with Gasteiger partial charge in [-0.3, -0.25) is 4.79 Å². The predicted octanol–water partition coefficient (Wildman–Crippen LogP) is 3.70. The molecule has 2 rings (SSSR count). The van der Waals surface area contributed by atoms with Crippen LogP contribution in [0.4, 0.5) is 11.4 Å². The molecule has 2 aromatic rings. The minimum Gasteiger partial charge on any atom is -0.386 e. The van der Waals surface area contributed by atoms with Crippen molar-refractivity contribution in [2.75, 3.05) is 30.9 Å². The van der Waals surface area contributed by atoms with Crippen molar-refractivity contribution in [2.24, 2.45) is 5.16 Å². The molecule has 2 aromatic carbocycles. The largest absolute Gasteiger partial charge is 0.386 e. The van der Waals surface area contributed by atoms with Gasteiger partial charge in [0, 0.05) is 30.5 Å². The van der Waals surface area contributed by atoms with E-state index in [1.165, 1.54) is 0 Å². The number of halogens is 1. The monoisotopic (exact) mass is 345 g/mol. The lowest BCUT2D eigenvalue weighted by Gasteiger charge is -2.11. The van der Waals surface area contributed by atoms with Gasteiger partial charge in [0.1, 0.15) is 0 Å². The summed E-state index contributed by atoms with van der Waals surface area (Å²) in [4.78, 5) is 18.9. The van der Waals surface area contributed by atoms with Gasteiger partial charge in [-0.25, -0.2) is 0 Å². The Morgan fingerprint density at radius 3 is 2.58 bits per heavy atom. The van der Waals surface area contributed by atoms with Gasteiger partial charge < -0.3 is 15.1 Å². The summed E-state index contributed by atoms with van der Waals surface area (Å²) in [6, 6.07) is 13.1. The number of carbonyl (C=O) groups is 1. The summed E-state index contributed by atoms with van der Waals surface area (Å²) in [5.74, 6) is -0.277. The number of oxime groups is 1. The van der Waals surface area contributed by atoms with Gasteiger partial charge in [-0.05, 0) is 48.4 Å². The molecular weight excluding hydrogens is 326 g/mol. The number of nitrogens with one attached hydrogen (secondary N) is 1. The lowest BCUT2D eigenvalue weighted by molar-refractivity contribution is -0.120. The first-order valence-corrected chi connectivity index (χ1v) is 7.82. The van der Waals surface area contributed by atoms with E-state index in [0.29, 0.717) is 10.7 Å². The van der Waals surface area contributed by atoms with Gasteiger partial charge in [0.05, 0.1) is 6.21 Å². The molecule has 0 fully saturated rings. The maximum absolute atomic E-state index is 11.8. The molecule has 0 unspecified atom stereocenters. The van der Waals surface area contributed by atoms with Crippen LogP contribution in [0.25, 0.3) is 0 Å². The van der Waals surface area contributed by atoms with Crippen molar-refractivity contribution in [1.82, 2.24) is 0 Å². The van der Waals surface area contributed by atoms with E-state index in [4.69, 9.17) is 16.4 Å². The minimum atomic E-state index is -0.277. The summed E-state index contributed by atoms with van der Waals surface area (Å²) in [5.41, 5.74) is 3.59. The van der Waals surface area contributed by atoms with E-state index in [0.717, 1.165) is 16.8 Å². The first kappa shape index (κ1) is 17.8. The van der Waals surface area contributed by atoms with Crippen molar-refractivity contribution in [3.63, 3.8) is 0 Å². The summed E-state index contributed by atoms with van der Waals surface area (Å²) in [6.07, 6.45) is 1.57. The zero-order valence-electron chi connectivity index (χ0n) is 13.9. The fourth-order valence-corrected chi connectivity index (χ4v) is 2.23. The highest BCUT2D eigenvalue weighted by atomic mass is 35.5. The van der Waals surface area contributed by atoms with Gasteiger partial charge in [0.2, 0.25) is 0 Å². The van der Waals surface area contributed by atoms with Crippen LogP contribution < -0.4 is 10.2 Å². The standard InChI is InChI=1S/C18H20ClN3O2/c1-13-10-15(19)6-9-17(13)21-18(23)12-24-20-11-14-4-7-16(8-5-14)22(2)3/h4-11H,12H2,1-3H3,(H,21,23)/b20-11+. The molecule has 0 saturated carbocycles. The number of nitrogens with zero attached hydrogens (tertiary/aromatic N) is 2.